The summed E-state index contributed by atoms with van der Waals surface area (Å²) in [6, 6.07) is 16.6. The Hall–Kier alpha value is -2.60. The molecule has 37 heavy (non-hydrogen) atoms. The fourth-order valence-corrected chi connectivity index (χ4v) is 2.80. The van der Waals surface area contributed by atoms with Crippen LogP contribution in [0, 0.1) is 0 Å². The fraction of sp³-hybridized carbons (Fsp3) is 0.407. The number of nitrogens with zero attached hydrogens (tertiary/aromatic N) is 1. The zero-order valence-electron chi connectivity index (χ0n) is 21.6. The maximum atomic E-state index is 11.6. The molecule has 9 nitrogen and oxygen atoms in total. The topological polar surface area (TPSA) is 150 Å². The number of nitrogens with two attached hydrogens (primary N) is 2. The molecule has 0 unspecified atom stereocenters. The number of benzene rings is 2. The van der Waals surface area contributed by atoms with Gasteiger partial charge >= 0.3 is 0 Å². The lowest BCUT2D eigenvalue weighted by atomic mass is 10.1. The molecule has 10 heteroatoms. The molecule has 1 amide bonds. The van der Waals surface area contributed by atoms with Crippen LogP contribution in [0.1, 0.15) is 25.8 Å². The number of aliphatic hydroxyl groups is 2. The lowest BCUT2D eigenvalue weighted by Crippen LogP contribution is -2.19. The highest BCUT2D eigenvalue weighted by atomic mass is 79.9. The number of rotatable bonds is 14. The highest BCUT2D eigenvalue weighted by Gasteiger charge is 2.10. The minimum atomic E-state index is -0.618. The van der Waals surface area contributed by atoms with E-state index >= 15 is 0 Å². The Morgan fingerprint density at radius 1 is 0.865 bits per heavy atom. The monoisotopic (exact) mass is 581 g/mol. The molecule has 0 fully saturated rings. The molecule has 0 heterocycles. The Balaban J connectivity index is 0.000000696. The second-order valence-corrected chi connectivity index (χ2v) is 8.20. The molecule has 0 radical (unpaired) electrons. The zero-order chi connectivity index (χ0) is 27.7. The second kappa shape index (κ2) is 23.8. The van der Waals surface area contributed by atoms with Gasteiger partial charge in [-0.2, -0.15) is 0 Å². The highest BCUT2D eigenvalue weighted by molar-refractivity contribution is 9.10. The first kappa shape index (κ1) is 34.4. The van der Waals surface area contributed by atoms with Gasteiger partial charge in [-0.15, -0.1) is 0 Å². The van der Waals surface area contributed by atoms with E-state index in [4.69, 9.17) is 35.9 Å². The third kappa shape index (κ3) is 18.3. The summed E-state index contributed by atoms with van der Waals surface area (Å²) in [5.74, 6) is -0.618. The Bertz CT molecular complexity index is 900. The quantitative estimate of drug-likeness (QED) is 0.151. The number of primary amides is 1. The van der Waals surface area contributed by atoms with Crippen LogP contribution < -0.4 is 11.5 Å². The molecular weight excluding hydrogens is 542 g/mol. The number of para-hydroxylation sites is 1. The summed E-state index contributed by atoms with van der Waals surface area (Å²) in [5, 5.41) is 16.7. The van der Waals surface area contributed by atoms with E-state index in [-0.39, 0.29) is 18.8 Å². The predicted octanol–water partition coefficient (Wildman–Crippen LogP) is 3.44. The molecule has 0 spiro atoms. The third-order valence-corrected chi connectivity index (χ3v) is 4.50. The van der Waals surface area contributed by atoms with Gasteiger partial charge in [-0.25, -0.2) is 0 Å². The maximum absolute atomic E-state index is 11.6. The average Bonchev–Trinajstić information content (AvgIpc) is 2.89. The standard InChI is InChI=1S/C16H14BrN3O.C8H18O5.C3H8/c17-12-6-4-5-11(9-12)15(18)14(16(19)21)10-20-13-7-2-1-3-8-13;9-1-3-11-5-7-13-8-6-12-4-2-10;1-3-2/h1-10H,18H2,(H2,19,21);9-10H,1-8H2;3H2,1-2H3/b15-14+,20-10?;;. The van der Waals surface area contributed by atoms with Crippen LogP contribution in [0.3, 0.4) is 0 Å². The van der Waals surface area contributed by atoms with Crippen LogP contribution in [0.25, 0.3) is 5.70 Å². The van der Waals surface area contributed by atoms with E-state index in [2.05, 4.69) is 34.8 Å². The van der Waals surface area contributed by atoms with Crippen LogP contribution in [-0.2, 0) is 19.0 Å². The van der Waals surface area contributed by atoms with Crippen LogP contribution in [0.4, 0.5) is 5.69 Å². The molecule has 206 valence electrons. The van der Waals surface area contributed by atoms with Gasteiger partial charge < -0.3 is 35.9 Å². The van der Waals surface area contributed by atoms with Gasteiger partial charge in [-0.1, -0.05) is 66.5 Å². The van der Waals surface area contributed by atoms with E-state index in [1.54, 1.807) is 6.07 Å². The van der Waals surface area contributed by atoms with Crippen molar-refractivity contribution in [3.63, 3.8) is 0 Å². The first-order chi connectivity index (χ1) is 17.9. The summed E-state index contributed by atoms with van der Waals surface area (Å²) in [7, 11) is 0. The van der Waals surface area contributed by atoms with Crippen molar-refractivity contribution in [1.29, 1.82) is 0 Å². The first-order valence-electron chi connectivity index (χ1n) is 12.0. The summed E-state index contributed by atoms with van der Waals surface area (Å²) in [6.45, 7) is 7.01. The van der Waals surface area contributed by atoms with E-state index < -0.39 is 5.91 Å². The smallest absolute Gasteiger partial charge is 0.252 e. The zero-order valence-corrected chi connectivity index (χ0v) is 23.2. The molecule has 6 N–H and O–H groups in total. The van der Waals surface area contributed by atoms with Crippen LogP contribution in [0.5, 0.6) is 0 Å². The van der Waals surface area contributed by atoms with E-state index in [1.807, 2.05) is 48.5 Å². The Kier molecular flexibility index (Phi) is 22.1. The van der Waals surface area contributed by atoms with Crippen LogP contribution in [-0.4, -0.2) is 75.2 Å². The van der Waals surface area contributed by atoms with Gasteiger partial charge in [0.05, 0.1) is 69.8 Å². The summed E-state index contributed by atoms with van der Waals surface area (Å²) < 4.78 is 15.9. The van der Waals surface area contributed by atoms with Crippen LogP contribution in [0.15, 0.2) is 69.6 Å². The summed E-state index contributed by atoms with van der Waals surface area (Å²) >= 11 is 3.36. The SMILES string of the molecule is CCC.NC(=O)/C(C=Nc1ccccc1)=C(/N)c1cccc(Br)c1.OCCOCCOCCOCCO. The van der Waals surface area contributed by atoms with Crippen molar-refractivity contribution in [1.82, 2.24) is 0 Å². The van der Waals surface area contributed by atoms with E-state index in [0.29, 0.717) is 50.9 Å². The number of aliphatic hydroxyl groups excluding tert-OH is 2. The fourth-order valence-electron chi connectivity index (χ4n) is 2.40. The van der Waals surface area contributed by atoms with Gasteiger partial charge in [0.25, 0.3) is 5.91 Å². The molecule has 2 aromatic rings. The summed E-state index contributed by atoms with van der Waals surface area (Å²) in [6.07, 6.45) is 2.65. The van der Waals surface area contributed by atoms with Crippen molar-refractivity contribution >= 4 is 39.4 Å². The van der Waals surface area contributed by atoms with Crippen LogP contribution >= 0.6 is 15.9 Å². The number of carbonyl (C=O) groups excluding carboxylic acids is 1. The van der Waals surface area contributed by atoms with Gasteiger partial charge in [0.2, 0.25) is 0 Å². The number of halogens is 1. The minimum Gasteiger partial charge on any atom is -0.398 e. The number of hydrogen-bond donors (Lipinski definition) is 4. The van der Waals surface area contributed by atoms with E-state index in [1.165, 1.54) is 12.6 Å². The van der Waals surface area contributed by atoms with Gasteiger partial charge in [-0.05, 0) is 29.8 Å². The lowest BCUT2D eigenvalue weighted by Gasteiger charge is -2.06. The Morgan fingerprint density at radius 3 is 1.84 bits per heavy atom. The maximum Gasteiger partial charge on any atom is 0.252 e. The number of carbonyl (C=O) groups is 1. The number of hydrogen-bond acceptors (Lipinski definition) is 8. The number of amides is 1. The Labute approximate surface area is 228 Å². The molecule has 0 bridgehead atoms. The molecule has 0 saturated heterocycles. The van der Waals surface area contributed by atoms with E-state index in [0.717, 1.165) is 10.2 Å². The molecule has 2 rings (SSSR count). The summed E-state index contributed by atoms with van der Waals surface area (Å²) in [5.41, 5.74) is 13.3. The lowest BCUT2D eigenvalue weighted by molar-refractivity contribution is -0.114. The number of aliphatic imine (C=N–C) groups is 1. The van der Waals surface area contributed by atoms with Crippen LogP contribution in [0.2, 0.25) is 0 Å². The van der Waals surface area contributed by atoms with Crippen molar-refractivity contribution in [2.75, 3.05) is 52.9 Å². The highest BCUT2D eigenvalue weighted by Crippen LogP contribution is 2.18. The largest absolute Gasteiger partial charge is 0.398 e. The van der Waals surface area contributed by atoms with Crippen molar-refractivity contribution in [3.8, 4) is 0 Å². The van der Waals surface area contributed by atoms with Gasteiger partial charge in [-0.3, -0.25) is 9.79 Å². The first-order valence-corrected chi connectivity index (χ1v) is 12.8. The Morgan fingerprint density at radius 2 is 1.38 bits per heavy atom. The van der Waals surface area contributed by atoms with Gasteiger partial charge in [0.1, 0.15) is 0 Å². The second-order valence-electron chi connectivity index (χ2n) is 7.29. The molecule has 0 aliphatic rings. The molecule has 2 aromatic carbocycles. The molecule has 0 aliphatic heterocycles. The van der Waals surface area contributed by atoms with Crippen molar-refractivity contribution in [3.05, 3.63) is 70.2 Å². The normalized spacial score (nSPS) is 11.2. The van der Waals surface area contributed by atoms with Gasteiger partial charge in [0.15, 0.2) is 0 Å². The van der Waals surface area contributed by atoms with Crippen molar-refractivity contribution < 1.29 is 29.2 Å². The van der Waals surface area contributed by atoms with Gasteiger partial charge in [0, 0.05) is 10.7 Å². The minimum absolute atomic E-state index is 0.0413. The van der Waals surface area contributed by atoms with E-state index in [9.17, 15) is 4.79 Å². The molecule has 0 aromatic heterocycles. The van der Waals surface area contributed by atoms with Crippen molar-refractivity contribution in [2.45, 2.75) is 20.3 Å². The molecule has 0 saturated carbocycles. The van der Waals surface area contributed by atoms with Crippen molar-refractivity contribution in [2.24, 2.45) is 16.5 Å². The molecule has 0 atom stereocenters. The third-order valence-electron chi connectivity index (χ3n) is 4.01. The summed E-state index contributed by atoms with van der Waals surface area (Å²) in [4.78, 5) is 15.8. The predicted molar refractivity (Wildman–Crippen MR) is 152 cm³/mol. The molecular formula is C27H40BrN3O6. The average molecular weight is 583 g/mol. The molecule has 0 aliphatic carbocycles. The number of ether oxygens (including phenoxy) is 3.